The lowest BCUT2D eigenvalue weighted by Gasteiger charge is -2.29. The number of nitro benzene ring substituents is 1. The van der Waals surface area contributed by atoms with Crippen molar-refractivity contribution in [2.75, 3.05) is 5.32 Å². The molecule has 0 bridgehead atoms. The first-order valence-corrected chi connectivity index (χ1v) is 6.96. The van der Waals surface area contributed by atoms with E-state index >= 15 is 0 Å². The Labute approximate surface area is 122 Å². The minimum Gasteiger partial charge on any atom is -0.319 e. The van der Waals surface area contributed by atoms with Crippen LogP contribution in [-0.2, 0) is 4.79 Å². The molecule has 6 heteroatoms. The predicted molar refractivity (Wildman–Crippen MR) is 77.6 cm³/mol. The third-order valence-electron chi connectivity index (χ3n) is 3.95. The van der Waals surface area contributed by atoms with Gasteiger partial charge in [0.2, 0.25) is 5.91 Å². The van der Waals surface area contributed by atoms with Gasteiger partial charge in [0.05, 0.1) is 11.0 Å². The van der Waals surface area contributed by atoms with E-state index in [9.17, 15) is 20.2 Å². The standard InChI is InChI=1S/C15H17N3O3/c1-11-5-6-13(18(20)21)12(9-11)17-14(19)15(10-16)7-3-2-4-8-15/h5-6,9H,2-4,7-8H2,1H3,(H,17,19). The van der Waals surface area contributed by atoms with Gasteiger partial charge in [-0.25, -0.2) is 0 Å². The van der Waals surface area contributed by atoms with Crippen molar-refractivity contribution < 1.29 is 9.72 Å². The first-order valence-electron chi connectivity index (χ1n) is 6.96. The summed E-state index contributed by atoms with van der Waals surface area (Å²) in [5, 5.41) is 23.0. The summed E-state index contributed by atoms with van der Waals surface area (Å²) in [5.41, 5.74) is -0.246. The molecule has 2 rings (SSSR count). The maximum atomic E-state index is 12.5. The summed E-state index contributed by atoms with van der Waals surface area (Å²) in [7, 11) is 0. The van der Waals surface area contributed by atoms with Crippen molar-refractivity contribution in [3.05, 3.63) is 33.9 Å². The third-order valence-corrected chi connectivity index (χ3v) is 3.95. The van der Waals surface area contributed by atoms with Crippen LogP contribution in [0.15, 0.2) is 18.2 Å². The summed E-state index contributed by atoms with van der Waals surface area (Å²) in [6.07, 6.45) is 3.69. The fourth-order valence-corrected chi connectivity index (χ4v) is 2.70. The normalized spacial score (nSPS) is 16.8. The molecule has 1 aliphatic rings. The summed E-state index contributed by atoms with van der Waals surface area (Å²) >= 11 is 0. The minimum absolute atomic E-state index is 0.155. The molecule has 1 aromatic rings. The number of anilines is 1. The monoisotopic (exact) mass is 287 g/mol. The van der Waals surface area contributed by atoms with Crippen LogP contribution in [0.4, 0.5) is 11.4 Å². The first kappa shape index (κ1) is 15.0. The van der Waals surface area contributed by atoms with Gasteiger partial charge in [0.25, 0.3) is 5.69 Å². The van der Waals surface area contributed by atoms with Crippen molar-refractivity contribution in [1.29, 1.82) is 5.26 Å². The Balaban J connectivity index is 2.29. The Morgan fingerprint density at radius 3 is 2.62 bits per heavy atom. The van der Waals surface area contributed by atoms with E-state index in [4.69, 9.17) is 0 Å². The number of nitro groups is 1. The Morgan fingerprint density at radius 2 is 2.05 bits per heavy atom. The van der Waals surface area contributed by atoms with Crippen molar-refractivity contribution in [2.24, 2.45) is 5.41 Å². The van der Waals surface area contributed by atoms with E-state index in [0.717, 1.165) is 24.8 Å². The third kappa shape index (κ3) is 3.02. The van der Waals surface area contributed by atoms with Gasteiger partial charge < -0.3 is 5.32 Å². The minimum atomic E-state index is -1.06. The van der Waals surface area contributed by atoms with Crippen LogP contribution in [0.2, 0.25) is 0 Å². The number of nitrogens with one attached hydrogen (secondary N) is 1. The summed E-state index contributed by atoms with van der Waals surface area (Å²) in [5.74, 6) is -0.432. The van der Waals surface area contributed by atoms with Crippen LogP contribution in [-0.4, -0.2) is 10.8 Å². The molecule has 0 heterocycles. The van der Waals surface area contributed by atoms with Crippen molar-refractivity contribution in [3.8, 4) is 6.07 Å². The number of nitrogens with zero attached hydrogens (tertiary/aromatic N) is 2. The second kappa shape index (κ2) is 5.92. The zero-order valence-corrected chi connectivity index (χ0v) is 11.9. The molecule has 0 unspecified atom stereocenters. The number of benzene rings is 1. The highest BCUT2D eigenvalue weighted by Crippen LogP contribution is 2.37. The molecule has 0 radical (unpaired) electrons. The number of hydrogen-bond acceptors (Lipinski definition) is 4. The number of amides is 1. The molecule has 0 saturated heterocycles. The smallest absolute Gasteiger partial charge is 0.292 e. The summed E-state index contributed by atoms with van der Waals surface area (Å²) in [6, 6.07) is 6.66. The lowest BCUT2D eigenvalue weighted by molar-refractivity contribution is -0.383. The van der Waals surface area contributed by atoms with Gasteiger partial charge in [-0.15, -0.1) is 0 Å². The Bertz CT molecular complexity index is 613. The highest BCUT2D eigenvalue weighted by atomic mass is 16.6. The van der Waals surface area contributed by atoms with Gasteiger partial charge in [-0.3, -0.25) is 14.9 Å². The zero-order chi connectivity index (χ0) is 15.5. The van der Waals surface area contributed by atoms with Crippen LogP contribution in [0, 0.1) is 33.8 Å². The zero-order valence-electron chi connectivity index (χ0n) is 11.9. The number of aryl methyl sites for hydroxylation is 1. The fraction of sp³-hybridized carbons (Fsp3) is 0.467. The molecule has 0 aliphatic heterocycles. The molecule has 1 saturated carbocycles. The molecule has 0 spiro atoms. The molecule has 1 N–H and O–H groups in total. The largest absolute Gasteiger partial charge is 0.319 e. The molecule has 0 atom stereocenters. The van der Waals surface area contributed by atoms with Gasteiger partial charge in [-0.1, -0.05) is 25.3 Å². The van der Waals surface area contributed by atoms with E-state index in [-0.39, 0.29) is 11.4 Å². The number of carbonyl (C=O) groups is 1. The molecular formula is C15H17N3O3. The van der Waals surface area contributed by atoms with E-state index in [1.165, 1.54) is 6.07 Å². The van der Waals surface area contributed by atoms with E-state index < -0.39 is 16.2 Å². The Morgan fingerprint density at radius 1 is 1.38 bits per heavy atom. The average molecular weight is 287 g/mol. The molecule has 1 fully saturated rings. The van der Waals surface area contributed by atoms with Crippen molar-refractivity contribution in [2.45, 2.75) is 39.0 Å². The van der Waals surface area contributed by atoms with Crippen LogP contribution >= 0.6 is 0 Å². The second-order valence-corrected chi connectivity index (χ2v) is 5.49. The number of hydrogen-bond donors (Lipinski definition) is 1. The summed E-state index contributed by atoms with van der Waals surface area (Å²) in [4.78, 5) is 22.9. The summed E-state index contributed by atoms with van der Waals surface area (Å²) < 4.78 is 0. The maximum absolute atomic E-state index is 12.5. The fourth-order valence-electron chi connectivity index (χ4n) is 2.70. The SMILES string of the molecule is Cc1ccc([N+](=O)[O-])c(NC(=O)C2(C#N)CCCCC2)c1. The number of carbonyl (C=O) groups excluding carboxylic acids is 1. The van der Waals surface area contributed by atoms with Gasteiger partial charge in [0.1, 0.15) is 11.1 Å². The van der Waals surface area contributed by atoms with E-state index in [0.29, 0.717) is 12.8 Å². The Hall–Kier alpha value is -2.42. The Kier molecular flexibility index (Phi) is 4.22. The quantitative estimate of drug-likeness (QED) is 0.681. The molecule has 1 aromatic carbocycles. The molecule has 21 heavy (non-hydrogen) atoms. The molecule has 1 amide bonds. The van der Waals surface area contributed by atoms with Gasteiger partial charge in [-0.05, 0) is 31.4 Å². The lowest BCUT2D eigenvalue weighted by atomic mass is 9.74. The molecule has 110 valence electrons. The van der Waals surface area contributed by atoms with Crippen molar-refractivity contribution in [3.63, 3.8) is 0 Å². The predicted octanol–water partition coefficient (Wildman–Crippen LogP) is 3.32. The van der Waals surface area contributed by atoms with Gasteiger partial charge >= 0.3 is 0 Å². The van der Waals surface area contributed by atoms with E-state index in [1.54, 1.807) is 19.1 Å². The summed E-state index contributed by atoms with van der Waals surface area (Å²) in [6.45, 7) is 1.79. The van der Waals surface area contributed by atoms with E-state index in [2.05, 4.69) is 11.4 Å². The average Bonchev–Trinajstić information content (AvgIpc) is 2.47. The number of rotatable bonds is 3. The van der Waals surface area contributed by atoms with Crippen LogP contribution in [0.5, 0.6) is 0 Å². The van der Waals surface area contributed by atoms with Crippen LogP contribution in [0.1, 0.15) is 37.7 Å². The molecule has 6 nitrogen and oxygen atoms in total. The molecule has 0 aromatic heterocycles. The van der Waals surface area contributed by atoms with Crippen molar-refractivity contribution >= 4 is 17.3 Å². The van der Waals surface area contributed by atoms with Gasteiger partial charge in [0.15, 0.2) is 0 Å². The first-order chi connectivity index (χ1) is 9.98. The lowest BCUT2D eigenvalue weighted by Crippen LogP contribution is -2.36. The van der Waals surface area contributed by atoms with Crippen LogP contribution in [0.25, 0.3) is 0 Å². The highest BCUT2D eigenvalue weighted by Gasteiger charge is 2.40. The topological polar surface area (TPSA) is 96.0 Å². The van der Waals surface area contributed by atoms with Gasteiger partial charge in [0, 0.05) is 6.07 Å². The molecular weight excluding hydrogens is 270 g/mol. The maximum Gasteiger partial charge on any atom is 0.292 e. The molecule has 1 aliphatic carbocycles. The van der Waals surface area contributed by atoms with E-state index in [1.807, 2.05) is 0 Å². The van der Waals surface area contributed by atoms with Gasteiger partial charge in [-0.2, -0.15) is 5.26 Å². The van der Waals surface area contributed by atoms with Crippen molar-refractivity contribution in [1.82, 2.24) is 0 Å². The van der Waals surface area contributed by atoms with Crippen LogP contribution < -0.4 is 5.32 Å². The number of nitriles is 1. The highest BCUT2D eigenvalue weighted by molar-refractivity contribution is 5.99. The second-order valence-electron chi connectivity index (χ2n) is 5.49. The van der Waals surface area contributed by atoms with Crippen LogP contribution in [0.3, 0.4) is 0 Å².